The first-order chi connectivity index (χ1) is 4.13. The lowest BCUT2D eigenvalue weighted by Crippen LogP contribution is -2.21. The van der Waals surface area contributed by atoms with Gasteiger partial charge < -0.3 is 5.32 Å². The summed E-state index contributed by atoms with van der Waals surface area (Å²) in [6, 6.07) is 0. The maximum Gasteiger partial charge on any atom is 0.216 e. The fraction of sp³-hybridized carbons (Fsp3) is 0.800. The van der Waals surface area contributed by atoms with Crippen LogP contribution in [0.15, 0.2) is 0 Å². The van der Waals surface area contributed by atoms with Crippen LogP contribution in [0.1, 0.15) is 13.3 Å². The van der Waals surface area contributed by atoms with Crippen LogP contribution in [0.4, 0.5) is 0 Å². The molecule has 0 spiro atoms. The van der Waals surface area contributed by atoms with Gasteiger partial charge in [-0.05, 0) is 6.42 Å². The molecular formula is C5H9Br2NO. The van der Waals surface area contributed by atoms with Crippen LogP contribution < -0.4 is 5.32 Å². The minimum atomic E-state index is 0.0238. The molecule has 0 bridgehead atoms. The topological polar surface area (TPSA) is 29.1 Å². The standard InChI is InChI=1S/C5H9Br2NO/c1-4(9)8-3-2-5(6)7/h5H,2-3H2,1H3,(H,8,9). The smallest absolute Gasteiger partial charge is 0.216 e. The Labute approximate surface area is 71.6 Å². The molecule has 0 unspecified atom stereocenters. The highest BCUT2D eigenvalue weighted by atomic mass is 79.9. The van der Waals surface area contributed by atoms with Crippen LogP contribution in [0.25, 0.3) is 0 Å². The van der Waals surface area contributed by atoms with E-state index in [4.69, 9.17) is 0 Å². The van der Waals surface area contributed by atoms with Crippen LogP contribution in [0.5, 0.6) is 0 Å². The van der Waals surface area contributed by atoms with Gasteiger partial charge in [0, 0.05) is 13.5 Å². The third-order valence-corrected chi connectivity index (χ3v) is 1.65. The zero-order chi connectivity index (χ0) is 7.28. The van der Waals surface area contributed by atoms with Crippen molar-refractivity contribution in [3.63, 3.8) is 0 Å². The molecule has 1 amide bonds. The minimum absolute atomic E-state index is 0.0238. The lowest BCUT2D eigenvalue weighted by atomic mass is 10.5. The van der Waals surface area contributed by atoms with Gasteiger partial charge in [0.2, 0.25) is 5.91 Å². The van der Waals surface area contributed by atoms with E-state index in [1.165, 1.54) is 6.92 Å². The van der Waals surface area contributed by atoms with Crippen molar-refractivity contribution in [2.75, 3.05) is 6.54 Å². The minimum Gasteiger partial charge on any atom is -0.356 e. The van der Waals surface area contributed by atoms with Crippen molar-refractivity contribution in [2.45, 2.75) is 17.1 Å². The quantitative estimate of drug-likeness (QED) is 0.767. The molecule has 0 aromatic carbocycles. The molecule has 2 nitrogen and oxygen atoms in total. The summed E-state index contributed by atoms with van der Waals surface area (Å²) in [6.07, 6.45) is 0.902. The van der Waals surface area contributed by atoms with E-state index < -0.39 is 0 Å². The molecule has 1 N–H and O–H groups in total. The van der Waals surface area contributed by atoms with Crippen LogP contribution in [0.3, 0.4) is 0 Å². The van der Waals surface area contributed by atoms with E-state index in [-0.39, 0.29) is 5.91 Å². The zero-order valence-electron chi connectivity index (χ0n) is 5.16. The summed E-state index contributed by atoms with van der Waals surface area (Å²) < 4.78 is 0.303. The molecule has 0 saturated carbocycles. The van der Waals surface area contributed by atoms with Gasteiger partial charge >= 0.3 is 0 Å². The predicted molar refractivity (Wildman–Crippen MR) is 44.9 cm³/mol. The Morgan fingerprint density at radius 3 is 2.56 bits per heavy atom. The van der Waals surface area contributed by atoms with Crippen molar-refractivity contribution >= 4 is 37.8 Å². The summed E-state index contributed by atoms with van der Waals surface area (Å²) in [4.78, 5) is 10.3. The Morgan fingerprint density at radius 2 is 2.22 bits per heavy atom. The third kappa shape index (κ3) is 8.43. The molecule has 0 radical (unpaired) electrons. The number of carbonyl (C=O) groups is 1. The largest absolute Gasteiger partial charge is 0.356 e. The van der Waals surface area contributed by atoms with E-state index in [9.17, 15) is 4.79 Å². The normalized spacial score (nSPS) is 9.78. The molecule has 0 fully saturated rings. The van der Waals surface area contributed by atoms with Crippen LogP contribution in [-0.4, -0.2) is 16.2 Å². The van der Waals surface area contributed by atoms with Crippen molar-refractivity contribution in [2.24, 2.45) is 0 Å². The van der Waals surface area contributed by atoms with Gasteiger partial charge in [0.15, 0.2) is 0 Å². The second-order valence-corrected chi connectivity index (χ2v) is 5.10. The van der Waals surface area contributed by atoms with Crippen LogP contribution in [-0.2, 0) is 4.79 Å². The van der Waals surface area contributed by atoms with Gasteiger partial charge in [-0.2, -0.15) is 0 Å². The number of halogens is 2. The van der Waals surface area contributed by atoms with E-state index in [1.54, 1.807) is 0 Å². The van der Waals surface area contributed by atoms with Gasteiger partial charge in [0.05, 0.1) is 3.74 Å². The number of nitrogens with one attached hydrogen (secondary N) is 1. The molecule has 0 atom stereocenters. The molecule has 54 valence electrons. The molecule has 9 heavy (non-hydrogen) atoms. The van der Waals surface area contributed by atoms with Gasteiger partial charge in [-0.25, -0.2) is 0 Å². The molecule has 0 saturated heterocycles. The molecule has 0 heterocycles. The number of carbonyl (C=O) groups excluding carboxylic acids is 1. The van der Waals surface area contributed by atoms with Crippen LogP contribution in [0, 0.1) is 0 Å². The van der Waals surface area contributed by atoms with Crippen molar-refractivity contribution < 1.29 is 4.79 Å². The fourth-order valence-corrected chi connectivity index (χ4v) is 0.815. The van der Waals surface area contributed by atoms with Gasteiger partial charge in [-0.3, -0.25) is 4.79 Å². The number of hydrogen-bond acceptors (Lipinski definition) is 1. The number of alkyl halides is 2. The summed E-state index contributed by atoms with van der Waals surface area (Å²) >= 11 is 6.58. The highest BCUT2D eigenvalue weighted by molar-refractivity contribution is 9.24. The molecule has 4 heteroatoms. The lowest BCUT2D eigenvalue weighted by molar-refractivity contribution is -0.118. The fourth-order valence-electron chi connectivity index (χ4n) is 0.357. The first-order valence-corrected chi connectivity index (χ1v) is 4.48. The van der Waals surface area contributed by atoms with Gasteiger partial charge in [0.1, 0.15) is 0 Å². The van der Waals surface area contributed by atoms with Crippen molar-refractivity contribution in [3.8, 4) is 0 Å². The SMILES string of the molecule is CC(=O)NCCC(Br)Br. The maximum absolute atomic E-state index is 10.3. The van der Waals surface area contributed by atoms with Crippen molar-refractivity contribution in [1.82, 2.24) is 5.32 Å². The molecular weight excluding hydrogens is 250 g/mol. The Bertz CT molecular complexity index is 95.0. The Morgan fingerprint density at radius 1 is 1.67 bits per heavy atom. The second-order valence-electron chi connectivity index (χ2n) is 1.66. The molecule has 0 aliphatic rings. The number of rotatable bonds is 3. The average molecular weight is 259 g/mol. The summed E-state index contributed by atoms with van der Waals surface area (Å²) in [7, 11) is 0. The third-order valence-electron chi connectivity index (χ3n) is 0.737. The number of hydrogen-bond donors (Lipinski definition) is 1. The van der Waals surface area contributed by atoms with E-state index in [0.29, 0.717) is 3.74 Å². The first kappa shape index (κ1) is 9.43. The van der Waals surface area contributed by atoms with E-state index >= 15 is 0 Å². The van der Waals surface area contributed by atoms with Crippen molar-refractivity contribution in [3.05, 3.63) is 0 Å². The van der Waals surface area contributed by atoms with E-state index in [0.717, 1.165) is 13.0 Å². The molecule has 0 rings (SSSR count). The zero-order valence-corrected chi connectivity index (χ0v) is 8.33. The second kappa shape index (κ2) is 5.23. The molecule has 0 aromatic heterocycles. The lowest BCUT2D eigenvalue weighted by Gasteiger charge is -2.00. The summed E-state index contributed by atoms with van der Waals surface area (Å²) in [5.74, 6) is 0.0238. The van der Waals surface area contributed by atoms with Crippen LogP contribution >= 0.6 is 31.9 Å². The summed E-state index contributed by atoms with van der Waals surface area (Å²) in [5.41, 5.74) is 0. The van der Waals surface area contributed by atoms with Gasteiger partial charge in [0.25, 0.3) is 0 Å². The Balaban J connectivity index is 3.01. The van der Waals surface area contributed by atoms with E-state index in [2.05, 4.69) is 37.2 Å². The van der Waals surface area contributed by atoms with E-state index in [1.807, 2.05) is 0 Å². The average Bonchev–Trinajstić information content (AvgIpc) is 1.63. The Kier molecular flexibility index (Phi) is 5.48. The summed E-state index contributed by atoms with van der Waals surface area (Å²) in [5, 5.41) is 2.68. The molecule has 0 aromatic rings. The van der Waals surface area contributed by atoms with Gasteiger partial charge in [-0.1, -0.05) is 31.9 Å². The summed E-state index contributed by atoms with van der Waals surface area (Å²) in [6.45, 7) is 2.23. The molecule has 0 aliphatic heterocycles. The van der Waals surface area contributed by atoms with Crippen molar-refractivity contribution in [1.29, 1.82) is 0 Å². The Hall–Kier alpha value is 0.430. The molecule has 0 aliphatic carbocycles. The van der Waals surface area contributed by atoms with Gasteiger partial charge in [-0.15, -0.1) is 0 Å². The highest BCUT2D eigenvalue weighted by Crippen LogP contribution is 2.10. The monoisotopic (exact) mass is 257 g/mol. The first-order valence-electron chi connectivity index (χ1n) is 2.65. The highest BCUT2D eigenvalue weighted by Gasteiger charge is 1.96. The van der Waals surface area contributed by atoms with Crippen LogP contribution in [0.2, 0.25) is 0 Å². The maximum atomic E-state index is 10.3. The number of amides is 1. The predicted octanol–water partition coefficient (Wildman–Crippen LogP) is 1.63.